The molecule has 2 aliphatic heterocycles. The second kappa shape index (κ2) is 8.23. The largest absolute Gasteiger partial charge is 0.365 e. The van der Waals surface area contributed by atoms with E-state index in [1.54, 1.807) is 16.9 Å². The quantitative estimate of drug-likeness (QED) is 0.758. The van der Waals surface area contributed by atoms with Crippen LogP contribution in [0.5, 0.6) is 0 Å². The van der Waals surface area contributed by atoms with Crippen LogP contribution in [0.1, 0.15) is 61.9 Å². The molecule has 1 unspecified atom stereocenters. The molecular formula is C20H31N7O2. The van der Waals surface area contributed by atoms with Crippen molar-refractivity contribution in [2.75, 3.05) is 13.1 Å². The van der Waals surface area contributed by atoms with Crippen LogP contribution in [0.4, 0.5) is 0 Å². The molecule has 1 spiro atoms. The molecule has 2 aliphatic rings. The van der Waals surface area contributed by atoms with Gasteiger partial charge in [0.25, 0.3) is 5.91 Å². The van der Waals surface area contributed by atoms with Crippen LogP contribution in [0.2, 0.25) is 0 Å². The molecular weight excluding hydrogens is 370 g/mol. The molecule has 9 nitrogen and oxygen atoms in total. The van der Waals surface area contributed by atoms with Crippen molar-refractivity contribution in [3.63, 3.8) is 0 Å². The Morgan fingerprint density at radius 1 is 1.31 bits per heavy atom. The van der Waals surface area contributed by atoms with E-state index < -0.39 is 0 Å². The van der Waals surface area contributed by atoms with E-state index in [0.29, 0.717) is 31.4 Å². The van der Waals surface area contributed by atoms with Crippen LogP contribution >= 0.6 is 0 Å². The molecule has 1 saturated heterocycles. The third kappa shape index (κ3) is 3.81. The zero-order chi connectivity index (χ0) is 20.4. The highest BCUT2D eigenvalue weighted by Crippen LogP contribution is 2.34. The van der Waals surface area contributed by atoms with E-state index in [1.165, 1.54) is 12.8 Å². The first-order valence-corrected chi connectivity index (χ1v) is 10.7. The number of ether oxygens (including phenoxy) is 1. The second-order valence-electron chi connectivity index (χ2n) is 8.02. The second-order valence-corrected chi connectivity index (χ2v) is 8.02. The molecule has 0 aromatic carbocycles. The van der Waals surface area contributed by atoms with Gasteiger partial charge >= 0.3 is 0 Å². The summed E-state index contributed by atoms with van der Waals surface area (Å²) in [6.45, 7) is 10.7. The highest BCUT2D eigenvalue weighted by Gasteiger charge is 2.44. The summed E-state index contributed by atoms with van der Waals surface area (Å²) in [5, 5.41) is 15.7. The molecule has 0 radical (unpaired) electrons. The summed E-state index contributed by atoms with van der Waals surface area (Å²) in [5.74, 6) is -0.157. The Labute approximate surface area is 171 Å². The van der Waals surface area contributed by atoms with Gasteiger partial charge in [0.1, 0.15) is 17.0 Å². The van der Waals surface area contributed by atoms with Crippen molar-refractivity contribution < 1.29 is 9.53 Å². The number of aromatic nitrogens is 5. The predicted molar refractivity (Wildman–Crippen MR) is 107 cm³/mol. The average Bonchev–Trinajstić information content (AvgIpc) is 3.46. The molecule has 0 aliphatic carbocycles. The van der Waals surface area contributed by atoms with Gasteiger partial charge in [-0.2, -0.15) is 5.10 Å². The lowest BCUT2D eigenvalue weighted by Gasteiger charge is -2.35. The number of nitrogens with one attached hydrogen (secondary N) is 1. The maximum Gasteiger partial charge on any atom is 0.269 e. The Balaban J connectivity index is 1.39. The topological polar surface area (TPSA) is 90.1 Å². The molecule has 2 aromatic rings. The molecule has 4 heterocycles. The number of aryl methyl sites for hydroxylation is 1. The van der Waals surface area contributed by atoms with Crippen LogP contribution in [-0.4, -0.2) is 60.3 Å². The number of hydrogen-bond acceptors (Lipinski definition) is 6. The number of carbonyl (C=O) groups is 1. The van der Waals surface area contributed by atoms with Crippen LogP contribution in [0.15, 0.2) is 12.3 Å². The fourth-order valence-corrected chi connectivity index (χ4v) is 4.60. The van der Waals surface area contributed by atoms with Crippen molar-refractivity contribution >= 4 is 5.91 Å². The van der Waals surface area contributed by atoms with Gasteiger partial charge in [-0.05, 0) is 32.3 Å². The van der Waals surface area contributed by atoms with Crippen LogP contribution in [0.3, 0.4) is 0 Å². The van der Waals surface area contributed by atoms with Crippen LogP contribution in [0, 0.1) is 0 Å². The average molecular weight is 402 g/mol. The Hall–Kier alpha value is -2.26. The van der Waals surface area contributed by atoms with Gasteiger partial charge < -0.3 is 10.1 Å². The molecule has 158 valence electrons. The SMILES string of the molecule is CCC(CC)N1CCC2(C1)Cn1nnc(CNC(=O)c3ccnn3CC)c1CO2. The molecule has 1 atom stereocenters. The monoisotopic (exact) mass is 401 g/mol. The molecule has 29 heavy (non-hydrogen) atoms. The molecule has 4 rings (SSSR count). The van der Waals surface area contributed by atoms with Gasteiger partial charge in [0, 0.05) is 31.9 Å². The van der Waals surface area contributed by atoms with Crippen LogP contribution in [-0.2, 0) is 31.0 Å². The maximum absolute atomic E-state index is 12.4. The number of amides is 1. The van der Waals surface area contributed by atoms with Gasteiger partial charge in [-0.15, -0.1) is 5.10 Å². The van der Waals surface area contributed by atoms with Crippen molar-refractivity contribution in [2.45, 2.75) is 77.9 Å². The third-order valence-electron chi connectivity index (χ3n) is 6.34. The van der Waals surface area contributed by atoms with Crippen molar-refractivity contribution in [1.29, 1.82) is 0 Å². The molecule has 9 heteroatoms. The highest BCUT2D eigenvalue weighted by atomic mass is 16.5. The smallest absolute Gasteiger partial charge is 0.269 e. The molecule has 1 fully saturated rings. The first-order chi connectivity index (χ1) is 14.1. The first kappa shape index (κ1) is 20.0. The molecule has 0 saturated carbocycles. The fourth-order valence-electron chi connectivity index (χ4n) is 4.60. The van der Waals surface area contributed by atoms with Gasteiger partial charge in [0.15, 0.2) is 0 Å². The van der Waals surface area contributed by atoms with E-state index in [4.69, 9.17) is 4.74 Å². The van der Waals surface area contributed by atoms with Crippen LogP contribution in [0.25, 0.3) is 0 Å². The predicted octanol–water partition coefficient (Wildman–Crippen LogP) is 1.59. The summed E-state index contributed by atoms with van der Waals surface area (Å²) in [6, 6.07) is 2.34. The Morgan fingerprint density at radius 3 is 2.90 bits per heavy atom. The van der Waals surface area contributed by atoms with E-state index in [9.17, 15) is 4.79 Å². The standard InChI is InChI=1S/C20H31N7O2/c1-4-15(5-2)25-10-8-20(13-25)14-27-18(12-29-20)16(23-24-27)11-21-19(28)17-7-9-22-26(17)6-3/h7,9,15H,4-6,8,10-14H2,1-3H3,(H,21,28). The number of fused-ring (bicyclic) bond motifs is 1. The van der Waals surface area contributed by atoms with Gasteiger partial charge in [-0.3, -0.25) is 14.4 Å². The van der Waals surface area contributed by atoms with Crippen molar-refractivity contribution in [3.8, 4) is 0 Å². The number of rotatable bonds is 7. The van der Waals surface area contributed by atoms with E-state index in [2.05, 4.69) is 39.5 Å². The third-order valence-corrected chi connectivity index (χ3v) is 6.34. The highest BCUT2D eigenvalue weighted by molar-refractivity contribution is 5.92. The lowest BCUT2D eigenvalue weighted by molar-refractivity contribution is -0.0859. The lowest BCUT2D eigenvalue weighted by atomic mass is 10.0. The van der Waals surface area contributed by atoms with Crippen molar-refractivity contribution in [2.24, 2.45) is 0 Å². The van der Waals surface area contributed by atoms with E-state index in [0.717, 1.165) is 37.4 Å². The minimum absolute atomic E-state index is 0.157. The summed E-state index contributed by atoms with van der Waals surface area (Å²) in [4.78, 5) is 15.0. The summed E-state index contributed by atoms with van der Waals surface area (Å²) in [6.07, 6.45) is 5.00. The molecule has 0 bridgehead atoms. The lowest BCUT2D eigenvalue weighted by Crippen LogP contribution is -2.46. The van der Waals surface area contributed by atoms with Gasteiger partial charge in [0.05, 0.1) is 25.4 Å². The summed E-state index contributed by atoms with van der Waals surface area (Å²) in [5.41, 5.74) is 2.11. The van der Waals surface area contributed by atoms with Crippen molar-refractivity contribution in [3.05, 3.63) is 29.3 Å². The zero-order valence-electron chi connectivity index (χ0n) is 17.6. The van der Waals surface area contributed by atoms with Gasteiger partial charge in [-0.25, -0.2) is 4.68 Å². The Morgan fingerprint density at radius 2 is 2.14 bits per heavy atom. The number of hydrogen-bond donors (Lipinski definition) is 1. The van der Waals surface area contributed by atoms with Crippen LogP contribution < -0.4 is 5.32 Å². The Kier molecular flexibility index (Phi) is 5.69. The number of carbonyl (C=O) groups excluding carboxylic acids is 1. The Bertz CT molecular complexity index is 857. The number of nitrogens with zero attached hydrogens (tertiary/aromatic N) is 6. The van der Waals surface area contributed by atoms with E-state index >= 15 is 0 Å². The molecule has 1 N–H and O–H groups in total. The summed E-state index contributed by atoms with van der Waals surface area (Å²) in [7, 11) is 0. The fraction of sp³-hybridized carbons (Fsp3) is 0.700. The van der Waals surface area contributed by atoms with E-state index in [-0.39, 0.29) is 11.5 Å². The first-order valence-electron chi connectivity index (χ1n) is 10.7. The minimum Gasteiger partial charge on any atom is -0.365 e. The summed E-state index contributed by atoms with van der Waals surface area (Å²) >= 11 is 0. The molecule has 1 amide bonds. The van der Waals surface area contributed by atoms with Gasteiger partial charge in [-0.1, -0.05) is 19.1 Å². The van der Waals surface area contributed by atoms with Gasteiger partial charge in [0.2, 0.25) is 0 Å². The van der Waals surface area contributed by atoms with E-state index in [1.807, 2.05) is 11.6 Å². The molecule has 2 aromatic heterocycles. The minimum atomic E-state index is -0.169. The zero-order valence-corrected chi connectivity index (χ0v) is 17.6. The maximum atomic E-state index is 12.4. The number of likely N-dealkylation sites (tertiary alicyclic amines) is 1. The van der Waals surface area contributed by atoms with Crippen molar-refractivity contribution in [1.82, 2.24) is 35.0 Å². The normalized spacial score (nSPS) is 21.8. The summed E-state index contributed by atoms with van der Waals surface area (Å²) < 4.78 is 10.0.